The van der Waals surface area contributed by atoms with Crippen molar-refractivity contribution in [1.29, 1.82) is 0 Å². The zero-order valence-electron chi connectivity index (χ0n) is 7.63. The molecule has 0 amide bonds. The highest BCUT2D eigenvalue weighted by Crippen LogP contribution is 2.33. The van der Waals surface area contributed by atoms with E-state index in [2.05, 4.69) is 31.9 Å². The summed E-state index contributed by atoms with van der Waals surface area (Å²) in [6.45, 7) is 0. The van der Waals surface area contributed by atoms with Crippen molar-refractivity contribution in [1.82, 2.24) is 0 Å². The summed E-state index contributed by atoms with van der Waals surface area (Å²) < 4.78 is 1.43. The van der Waals surface area contributed by atoms with Gasteiger partial charge in [0.1, 0.15) is 0 Å². The number of nitrogen functional groups attached to an aromatic ring is 1. The molecule has 0 spiro atoms. The first kappa shape index (κ1) is 10.6. The Morgan fingerprint density at radius 1 is 1.13 bits per heavy atom. The minimum Gasteiger partial charge on any atom is -0.397 e. The van der Waals surface area contributed by atoms with Gasteiger partial charge in [0.25, 0.3) is 0 Å². The second-order valence-electron chi connectivity index (χ2n) is 3.13. The van der Waals surface area contributed by atoms with E-state index in [0.29, 0.717) is 15.5 Å². The SMILES string of the molecule is Nc1c(Br)cc2ccccc(=O)c2c1Br. The van der Waals surface area contributed by atoms with Crippen molar-refractivity contribution in [3.63, 3.8) is 0 Å². The number of hydrogen-bond acceptors (Lipinski definition) is 2. The van der Waals surface area contributed by atoms with Gasteiger partial charge in [-0.15, -0.1) is 0 Å². The van der Waals surface area contributed by atoms with Crippen LogP contribution >= 0.6 is 31.9 Å². The van der Waals surface area contributed by atoms with E-state index in [1.807, 2.05) is 18.2 Å². The molecule has 0 aliphatic carbocycles. The lowest BCUT2D eigenvalue weighted by molar-refractivity contribution is 1.63. The summed E-state index contributed by atoms with van der Waals surface area (Å²) in [6.07, 6.45) is 0. The van der Waals surface area contributed by atoms with Gasteiger partial charge >= 0.3 is 0 Å². The van der Waals surface area contributed by atoms with Crippen molar-refractivity contribution in [2.45, 2.75) is 0 Å². The fourth-order valence-electron chi connectivity index (χ4n) is 1.42. The molecule has 0 aliphatic rings. The Labute approximate surface area is 103 Å². The van der Waals surface area contributed by atoms with Gasteiger partial charge in [-0.05, 0) is 49.4 Å². The standard InChI is InChI=1S/C11H7Br2NO/c12-7-5-6-3-1-2-4-8(15)9(6)10(13)11(7)14/h1-5H,14H2. The molecular formula is C11H7Br2NO. The maximum Gasteiger partial charge on any atom is 0.187 e. The molecule has 0 radical (unpaired) electrons. The lowest BCUT2D eigenvalue weighted by Gasteiger charge is -2.03. The normalized spacial score (nSPS) is 10.5. The monoisotopic (exact) mass is 327 g/mol. The van der Waals surface area contributed by atoms with Gasteiger partial charge in [0.15, 0.2) is 5.43 Å². The van der Waals surface area contributed by atoms with Crippen LogP contribution in [0.15, 0.2) is 44.1 Å². The maximum absolute atomic E-state index is 11.8. The molecule has 76 valence electrons. The van der Waals surface area contributed by atoms with E-state index in [1.165, 1.54) is 6.07 Å². The molecule has 2 nitrogen and oxygen atoms in total. The van der Waals surface area contributed by atoms with E-state index in [-0.39, 0.29) is 5.43 Å². The third-order valence-corrected chi connectivity index (χ3v) is 3.64. The van der Waals surface area contributed by atoms with E-state index in [4.69, 9.17) is 5.73 Å². The van der Waals surface area contributed by atoms with Crippen LogP contribution in [0.5, 0.6) is 0 Å². The fraction of sp³-hybridized carbons (Fsp3) is 0. The second kappa shape index (κ2) is 3.94. The molecule has 0 atom stereocenters. The lowest BCUT2D eigenvalue weighted by atomic mass is 10.1. The molecule has 2 N–H and O–H groups in total. The molecule has 0 aliphatic heterocycles. The van der Waals surface area contributed by atoms with Gasteiger partial charge < -0.3 is 5.73 Å². The Kier molecular flexibility index (Phi) is 2.80. The van der Waals surface area contributed by atoms with E-state index < -0.39 is 0 Å². The Hall–Kier alpha value is -0.870. The van der Waals surface area contributed by atoms with Crippen LogP contribution in [0.1, 0.15) is 0 Å². The Morgan fingerprint density at radius 2 is 1.80 bits per heavy atom. The van der Waals surface area contributed by atoms with Crippen LogP contribution in [-0.4, -0.2) is 0 Å². The van der Waals surface area contributed by atoms with Gasteiger partial charge in [-0.2, -0.15) is 0 Å². The number of halogens is 2. The van der Waals surface area contributed by atoms with E-state index in [9.17, 15) is 4.79 Å². The molecule has 15 heavy (non-hydrogen) atoms. The average molecular weight is 329 g/mol. The molecule has 0 saturated carbocycles. The van der Waals surface area contributed by atoms with Crippen molar-refractivity contribution in [2.24, 2.45) is 0 Å². The van der Waals surface area contributed by atoms with Crippen LogP contribution in [0.3, 0.4) is 0 Å². The van der Waals surface area contributed by atoms with E-state index >= 15 is 0 Å². The van der Waals surface area contributed by atoms with Crippen molar-refractivity contribution in [3.05, 3.63) is 49.5 Å². The second-order valence-corrected chi connectivity index (χ2v) is 4.78. The van der Waals surface area contributed by atoms with Crippen molar-refractivity contribution < 1.29 is 0 Å². The highest BCUT2D eigenvalue weighted by Gasteiger charge is 2.08. The maximum atomic E-state index is 11.8. The average Bonchev–Trinajstić information content (AvgIpc) is 2.37. The van der Waals surface area contributed by atoms with Gasteiger partial charge in [-0.3, -0.25) is 4.79 Å². The summed E-state index contributed by atoms with van der Waals surface area (Å²) >= 11 is 6.70. The zero-order valence-corrected chi connectivity index (χ0v) is 10.8. The number of fused-ring (bicyclic) bond motifs is 1. The molecule has 0 aromatic heterocycles. The molecule has 2 rings (SSSR count). The Balaban J connectivity index is 3.11. The third kappa shape index (κ3) is 1.79. The quantitative estimate of drug-likeness (QED) is 0.754. The molecule has 0 heterocycles. The fourth-order valence-corrected chi connectivity index (χ4v) is 2.77. The number of rotatable bonds is 0. The topological polar surface area (TPSA) is 43.1 Å². The van der Waals surface area contributed by atoms with Crippen molar-refractivity contribution in [3.8, 4) is 0 Å². The highest BCUT2D eigenvalue weighted by molar-refractivity contribution is 9.11. The van der Waals surface area contributed by atoms with Crippen LogP contribution < -0.4 is 11.2 Å². The van der Waals surface area contributed by atoms with Gasteiger partial charge in [0.2, 0.25) is 0 Å². The molecule has 2 aromatic carbocycles. The van der Waals surface area contributed by atoms with Gasteiger partial charge in [0.05, 0.1) is 10.2 Å². The Morgan fingerprint density at radius 3 is 2.53 bits per heavy atom. The first-order valence-corrected chi connectivity index (χ1v) is 5.86. The van der Waals surface area contributed by atoms with E-state index in [1.54, 1.807) is 6.07 Å². The minimum atomic E-state index is -0.0407. The minimum absolute atomic E-state index is 0.0407. The summed E-state index contributed by atoms with van der Waals surface area (Å²) in [5.74, 6) is 0. The molecular weight excluding hydrogens is 322 g/mol. The zero-order chi connectivity index (χ0) is 11.0. The predicted octanol–water partition coefficient (Wildman–Crippen LogP) is 3.31. The van der Waals surface area contributed by atoms with E-state index in [0.717, 1.165) is 9.86 Å². The number of anilines is 1. The summed E-state index contributed by atoms with van der Waals surface area (Å²) in [6, 6.07) is 8.81. The first-order valence-electron chi connectivity index (χ1n) is 4.28. The van der Waals surface area contributed by atoms with Gasteiger partial charge in [-0.25, -0.2) is 0 Å². The predicted molar refractivity (Wildman–Crippen MR) is 70.0 cm³/mol. The molecule has 4 heteroatoms. The largest absolute Gasteiger partial charge is 0.397 e. The number of hydrogen-bond donors (Lipinski definition) is 1. The molecule has 2 aromatic rings. The van der Waals surface area contributed by atoms with Crippen LogP contribution in [0.4, 0.5) is 5.69 Å². The summed E-state index contributed by atoms with van der Waals surface area (Å²) in [5.41, 5.74) is 6.33. The Bertz CT molecular complexity index is 596. The molecule has 0 bridgehead atoms. The number of benzene rings is 1. The third-order valence-electron chi connectivity index (χ3n) is 2.17. The van der Waals surface area contributed by atoms with Gasteiger partial charge in [-0.1, -0.05) is 18.2 Å². The summed E-state index contributed by atoms with van der Waals surface area (Å²) in [4.78, 5) is 11.8. The highest BCUT2D eigenvalue weighted by atomic mass is 79.9. The van der Waals surface area contributed by atoms with Crippen LogP contribution in [0.25, 0.3) is 10.8 Å². The molecule has 0 fully saturated rings. The summed E-state index contributed by atoms with van der Waals surface area (Å²) in [5, 5.41) is 1.47. The van der Waals surface area contributed by atoms with Gasteiger partial charge in [0, 0.05) is 9.86 Å². The molecule has 0 saturated heterocycles. The first-order chi connectivity index (χ1) is 7.11. The van der Waals surface area contributed by atoms with Crippen LogP contribution in [0, 0.1) is 0 Å². The lowest BCUT2D eigenvalue weighted by Crippen LogP contribution is -1.99. The van der Waals surface area contributed by atoms with Crippen molar-refractivity contribution in [2.75, 3.05) is 5.73 Å². The molecule has 0 unspecified atom stereocenters. The smallest absolute Gasteiger partial charge is 0.187 e. The van der Waals surface area contributed by atoms with Crippen molar-refractivity contribution >= 4 is 48.3 Å². The summed E-state index contributed by atoms with van der Waals surface area (Å²) in [7, 11) is 0. The van der Waals surface area contributed by atoms with Crippen LogP contribution in [-0.2, 0) is 0 Å². The number of nitrogens with two attached hydrogens (primary N) is 1. The van der Waals surface area contributed by atoms with Crippen LogP contribution in [0.2, 0.25) is 0 Å².